The van der Waals surface area contributed by atoms with Crippen molar-refractivity contribution in [3.05, 3.63) is 58.0 Å². The molecule has 0 aliphatic heterocycles. The molecule has 0 fully saturated rings. The Balaban J connectivity index is 1.93. The number of hydrogen-bond donors (Lipinski definition) is 0. The normalized spacial score (nSPS) is 21.3. The van der Waals surface area contributed by atoms with Crippen molar-refractivity contribution >= 4 is 21.9 Å². The number of esters is 1. The van der Waals surface area contributed by atoms with Gasteiger partial charge in [-0.25, -0.2) is 0 Å². The zero-order valence-corrected chi connectivity index (χ0v) is 12.7. The summed E-state index contributed by atoms with van der Waals surface area (Å²) in [5.41, 5.74) is 2.20. The van der Waals surface area contributed by atoms with Crippen LogP contribution in [0.2, 0.25) is 0 Å². The minimum Gasteiger partial charge on any atom is -0.469 e. The maximum Gasteiger partial charge on any atom is 0.313 e. The highest BCUT2D eigenvalue weighted by molar-refractivity contribution is 9.10. The molecule has 3 rings (SSSR count). The molecule has 1 heterocycles. The van der Waals surface area contributed by atoms with Gasteiger partial charge < -0.3 is 9.15 Å². The number of methoxy groups -OCH3 is 1. The second kappa shape index (κ2) is 5.44. The molecule has 0 amide bonds. The molecule has 1 aromatic heterocycles. The second-order valence-corrected chi connectivity index (χ2v) is 5.98. The molecule has 0 saturated heterocycles. The van der Waals surface area contributed by atoms with Crippen LogP contribution in [0.15, 0.2) is 45.5 Å². The monoisotopic (exact) mass is 334 g/mol. The van der Waals surface area contributed by atoms with Gasteiger partial charge in [-0.05, 0) is 36.1 Å². The molecular formula is C16H15BrO3. The number of rotatable bonds is 2. The lowest BCUT2D eigenvalue weighted by Crippen LogP contribution is -2.23. The Kier molecular flexibility index (Phi) is 3.66. The molecule has 2 atom stereocenters. The summed E-state index contributed by atoms with van der Waals surface area (Å²) in [5, 5.41) is 0. The Morgan fingerprint density at radius 3 is 2.75 bits per heavy atom. The highest BCUT2D eigenvalue weighted by atomic mass is 79.9. The van der Waals surface area contributed by atoms with Gasteiger partial charge in [-0.15, -0.1) is 0 Å². The highest BCUT2D eigenvalue weighted by Gasteiger charge is 2.34. The van der Waals surface area contributed by atoms with Crippen LogP contribution in [0.4, 0.5) is 0 Å². The van der Waals surface area contributed by atoms with E-state index in [1.165, 1.54) is 12.7 Å². The maximum absolute atomic E-state index is 12.0. The zero-order chi connectivity index (χ0) is 14.1. The Hall–Kier alpha value is -1.55. The predicted molar refractivity (Wildman–Crippen MR) is 78.7 cm³/mol. The van der Waals surface area contributed by atoms with E-state index in [-0.39, 0.29) is 17.8 Å². The first kappa shape index (κ1) is 13.4. The molecule has 1 aromatic carbocycles. The Morgan fingerprint density at radius 1 is 1.30 bits per heavy atom. The molecule has 104 valence electrons. The summed E-state index contributed by atoms with van der Waals surface area (Å²) in [4.78, 5) is 12.0. The molecule has 2 unspecified atom stereocenters. The van der Waals surface area contributed by atoms with Gasteiger partial charge in [-0.2, -0.15) is 0 Å². The fraction of sp³-hybridized carbons (Fsp3) is 0.312. The number of halogens is 1. The van der Waals surface area contributed by atoms with Crippen molar-refractivity contribution in [2.75, 3.05) is 7.11 Å². The first-order valence-electron chi connectivity index (χ1n) is 6.58. The van der Waals surface area contributed by atoms with Gasteiger partial charge in [0.2, 0.25) is 0 Å². The molecule has 0 saturated carbocycles. The average Bonchev–Trinajstić information content (AvgIpc) is 2.94. The molecule has 2 aromatic rings. The molecule has 0 bridgehead atoms. The van der Waals surface area contributed by atoms with Crippen LogP contribution >= 0.6 is 15.9 Å². The van der Waals surface area contributed by atoms with Crippen molar-refractivity contribution in [1.29, 1.82) is 0 Å². The van der Waals surface area contributed by atoms with E-state index >= 15 is 0 Å². The first-order chi connectivity index (χ1) is 9.69. The lowest BCUT2D eigenvalue weighted by atomic mass is 9.77. The maximum atomic E-state index is 12.0. The van der Waals surface area contributed by atoms with Crippen LogP contribution in [0.25, 0.3) is 0 Å². The zero-order valence-electron chi connectivity index (χ0n) is 11.1. The van der Waals surface area contributed by atoms with Gasteiger partial charge in [-0.3, -0.25) is 4.79 Å². The molecule has 0 radical (unpaired) electrons. The van der Waals surface area contributed by atoms with Crippen LogP contribution in [0.3, 0.4) is 0 Å². The molecule has 1 aliphatic carbocycles. The smallest absolute Gasteiger partial charge is 0.313 e. The topological polar surface area (TPSA) is 39.4 Å². The summed E-state index contributed by atoms with van der Waals surface area (Å²) in [6.45, 7) is 0. The summed E-state index contributed by atoms with van der Waals surface area (Å²) in [6, 6.07) is 10.1. The summed E-state index contributed by atoms with van der Waals surface area (Å²) in [7, 11) is 1.44. The molecule has 1 aliphatic rings. The molecule has 0 N–H and O–H groups in total. The third kappa shape index (κ3) is 2.40. The van der Waals surface area contributed by atoms with Crippen LogP contribution in [0.5, 0.6) is 0 Å². The lowest BCUT2D eigenvalue weighted by molar-refractivity contribution is -0.143. The van der Waals surface area contributed by atoms with E-state index < -0.39 is 0 Å². The Morgan fingerprint density at radius 2 is 2.05 bits per heavy atom. The third-order valence-corrected chi connectivity index (χ3v) is 4.46. The van der Waals surface area contributed by atoms with Crippen molar-refractivity contribution < 1.29 is 13.9 Å². The van der Waals surface area contributed by atoms with Crippen molar-refractivity contribution in [3.63, 3.8) is 0 Å². The van der Waals surface area contributed by atoms with Crippen LogP contribution in [0.1, 0.15) is 35.1 Å². The second-order valence-electron chi connectivity index (χ2n) is 5.06. The number of ether oxygens (including phenoxy) is 1. The number of carbonyl (C=O) groups is 1. The quantitative estimate of drug-likeness (QED) is 0.778. The van der Waals surface area contributed by atoms with E-state index in [0.29, 0.717) is 0 Å². The third-order valence-electron chi connectivity index (χ3n) is 3.93. The van der Waals surface area contributed by atoms with Gasteiger partial charge in [0.15, 0.2) is 0 Å². The van der Waals surface area contributed by atoms with Gasteiger partial charge >= 0.3 is 5.97 Å². The lowest BCUT2D eigenvalue weighted by Gasteiger charge is -2.27. The number of benzene rings is 1. The first-order valence-corrected chi connectivity index (χ1v) is 7.38. The molecular weight excluding hydrogens is 320 g/mol. The van der Waals surface area contributed by atoms with Gasteiger partial charge in [-0.1, -0.05) is 28.1 Å². The van der Waals surface area contributed by atoms with Crippen molar-refractivity contribution in [1.82, 2.24) is 0 Å². The standard InChI is InChI=1S/C16H15BrO3/c1-19-16(18)14-8-11(9-15-13(14)6-7-20-15)10-2-4-12(17)5-3-10/h2-7,11,14H,8-9H2,1H3. The summed E-state index contributed by atoms with van der Waals surface area (Å²) in [5.74, 6) is 0.774. The average molecular weight is 335 g/mol. The Bertz CT molecular complexity index is 615. The minimum atomic E-state index is -0.226. The van der Waals surface area contributed by atoms with Crippen molar-refractivity contribution in [2.24, 2.45) is 0 Å². The number of carbonyl (C=O) groups excluding carboxylic acids is 1. The fourth-order valence-corrected chi connectivity index (χ4v) is 3.16. The summed E-state index contributed by atoms with van der Waals surface area (Å²) < 4.78 is 11.5. The molecule has 20 heavy (non-hydrogen) atoms. The highest BCUT2D eigenvalue weighted by Crippen LogP contribution is 2.41. The fourth-order valence-electron chi connectivity index (χ4n) is 2.90. The van der Waals surface area contributed by atoms with Gasteiger partial charge in [0.25, 0.3) is 0 Å². The van der Waals surface area contributed by atoms with E-state index in [2.05, 4.69) is 28.1 Å². The van der Waals surface area contributed by atoms with Gasteiger partial charge in [0, 0.05) is 16.5 Å². The summed E-state index contributed by atoms with van der Waals surface area (Å²) in [6.07, 6.45) is 3.25. The van der Waals surface area contributed by atoms with Crippen LogP contribution in [-0.2, 0) is 16.0 Å². The van der Waals surface area contributed by atoms with Crippen molar-refractivity contribution in [3.8, 4) is 0 Å². The molecule has 4 heteroatoms. The number of furan rings is 1. The SMILES string of the molecule is COC(=O)C1CC(c2ccc(Br)cc2)Cc2occc21. The number of fused-ring (bicyclic) bond motifs is 1. The largest absolute Gasteiger partial charge is 0.469 e. The van der Waals surface area contributed by atoms with E-state index in [9.17, 15) is 4.79 Å². The van der Waals surface area contributed by atoms with Gasteiger partial charge in [0.1, 0.15) is 5.76 Å². The van der Waals surface area contributed by atoms with Crippen molar-refractivity contribution in [2.45, 2.75) is 24.7 Å². The number of hydrogen-bond acceptors (Lipinski definition) is 3. The van der Waals surface area contributed by atoms with Crippen LogP contribution in [0, 0.1) is 0 Å². The summed E-state index contributed by atoms with van der Waals surface area (Å²) >= 11 is 3.44. The van der Waals surface area contributed by atoms with E-state index in [1.54, 1.807) is 6.26 Å². The van der Waals surface area contributed by atoms with Crippen LogP contribution in [-0.4, -0.2) is 13.1 Å². The molecule has 3 nitrogen and oxygen atoms in total. The van der Waals surface area contributed by atoms with Crippen LogP contribution < -0.4 is 0 Å². The Labute approximate surface area is 126 Å². The minimum absolute atomic E-state index is 0.186. The predicted octanol–water partition coefficient (Wildman–Crippen LogP) is 4.03. The van der Waals surface area contributed by atoms with E-state index in [1.807, 2.05) is 18.2 Å². The molecule has 0 spiro atoms. The van der Waals surface area contributed by atoms with Gasteiger partial charge in [0.05, 0.1) is 19.3 Å². The van der Waals surface area contributed by atoms with E-state index in [4.69, 9.17) is 9.15 Å². The van der Waals surface area contributed by atoms with E-state index in [0.717, 1.165) is 28.6 Å².